The van der Waals surface area contributed by atoms with Crippen molar-refractivity contribution in [2.45, 2.75) is 25.8 Å². The van der Waals surface area contributed by atoms with E-state index in [4.69, 9.17) is 4.74 Å². The van der Waals surface area contributed by atoms with Gasteiger partial charge in [0, 0.05) is 36.5 Å². The smallest absolute Gasteiger partial charge is 0.255 e. The number of nitrogens with one attached hydrogen (secondary N) is 2. The minimum Gasteiger partial charge on any atom is -0.377 e. The highest BCUT2D eigenvalue weighted by Crippen LogP contribution is 2.30. The van der Waals surface area contributed by atoms with Gasteiger partial charge in [-0.3, -0.25) is 14.6 Å². The van der Waals surface area contributed by atoms with Gasteiger partial charge in [-0.05, 0) is 38.0 Å². The first-order valence-electron chi connectivity index (χ1n) is 9.48. The zero-order valence-electron chi connectivity index (χ0n) is 15.7. The lowest BCUT2D eigenvalue weighted by atomic mass is 10.2. The van der Waals surface area contributed by atoms with Gasteiger partial charge in [0.15, 0.2) is 0 Å². The largest absolute Gasteiger partial charge is 0.377 e. The Kier molecular flexibility index (Phi) is 5.21. The highest BCUT2D eigenvalue weighted by molar-refractivity contribution is 6.06. The number of pyridine rings is 2. The van der Waals surface area contributed by atoms with Crippen molar-refractivity contribution < 1.29 is 14.3 Å². The summed E-state index contributed by atoms with van der Waals surface area (Å²) in [6.07, 6.45) is 6.70. The first-order chi connectivity index (χ1) is 13.6. The van der Waals surface area contributed by atoms with E-state index < -0.39 is 0 Å². The fraction of sp³-hybridized carbons (Fsp3) is 0.400. The zero-order valence-corrected chi connectivity index (χ0v) is 15.7. The summed E-state index contributed by atoms with van der Waals surface area (Å²) in [5.41, 5.74) is 1.98. The molecule has 1 aliphatic heterocycles. The molecule has 0 unspecified atom stereocenters. The molecule has 0 radical (unpaired) electrons. The van der Waals surface area contributed by atoms with E-state index in [-0.39, 0.29) is 23.8 Å². The molecule has 1 saturated heterocycles. The molecule has 1 aliphatic carbocycles. The van der Waals surface area contributed by atoms with E-state index >= 15 is 0 Å². The predicted octanol–water partition coefficient (Wildman–Crippen LogP) is 2.30. The highest BCUT2D eigenvalue weighted by atomic mass is 16.5. The van der Waals surface area contributed by atoms with E-state index in [2.05, 4.69) is 32.4 Å². The topological polar surface area (TPSA) is 96.4 Å². The monoisotopic (exact) mass is 381 g/mol. The number of carbonyl (C=O) groups is 2. The molecule has 2 aromatic rings. The SMILES string of the molecule is C[C@H]1COCCN1c1ccncc1NC(=O)c1ccnc(NC(=O)C2CC2)c1. The molecule has 2 aromatic heterocycles. The Morgan fingerprint density at radius 1 is 1.21 bits per heavy atom. The third-order valence-electron chi connectivity index (χ3n) is 4.94. The second-order valence-electron chi connectivity index (χ2n) is 7.16. The Hall–Kier alpha value is -3.00. The average molecular weight is 381 g/mol. The Bertz CT molecular complexity index is 884. The number of morpholine rings is 1. The molecular formula is C20H23N5O3. The minimum atomic E-state index is -0.278. The molecule has 1 atom stereocenters. The van der Waals surface area contributed by atoms with E-state index in [0.29, 0.717) is 30.3 Å². The lowest BCUT2D eigenvalue weighted by Gasteiger charge is -2.36. The van der Waals surface area contributed by atoms with Crippen LogP contribution >= 0.6 is 0 Å². The summed E-state index contributed by atoms with van der Waals surface area (Å²) in [6, 6.07) is 5.31. The van der Waals surface area contributed by atoms with Gasteiger partial charge in [0.2, 0.25) is 5.91 Å². The molecule has 1 saturated carbocycles. The number of ether oxygens (including phenoxy) is 1. The summed E-state index contributed by atoms with van der Waals surface area (Å²) in [5.74, 6) is 0.144. The molecule has 2 N–H and O–H groups in total. The number of nitrogens with zero attached hydrogens (tertiary/aromatic N) is 3. The third kappa shape index (κ3) is 4.12. The molecule has 28 heavy (non-hydrogen) atoms. The Morgan fingerprint density at radius 3 is 2.86 bits per heavy atom. The Labute approximate surface area is 163 Å². The van der Waals surface area contributed by atoms with Gasteiger partial charge in [0.25, 0.3) is 5.91 Å². The van der Waals surface area contributed by atoms with E-state index in [1.165, 1.54) is 6.20 Å². The Balaban J connectivity index is 1.50. The van der Waals surface area contributed by atoms with Crippen LogP contribution in [-0.4, -0.2) is 47.6 Å². The van der Waals surface area contributed by atoms with Crippen LogP contribution in [-0.2, 0) is 9.53 Å². The van der Waals surface area contributed by atoms with Crippen molar-refractivity contribution in [1.29, 1.82) is 0 Å². The number of amides is 2. The zero-order chi connectivity index (χ0) is 19.5. The second kappa shape index (κ2) is 7.93. The van der Waals surface area contributed by atoms with Crippen molar-refractivity contribution in [3.8, 4) is 0 Å². The van der Waals surface area contributed by atoms with Gasteiger partial charge in [-0.2, -0.15) is 0 Å². The highest BCUT2D eigenvalue weighted by Gasteiger charge is 2.30. The molecule has 2 aliphatic rings. The fourth-order valence-electron chi connectivity index (χ4n) is 3.23. The molecule has 8 nitrogen and oxygen atoms in total. The summed E-state index contributed by atoms with van der Waals surface area (Å²) in [4.78, 5) is 35.2. The fourth-order valence-corrected chi connectivity index (χ4v) is 3.23. The van der Waals surface area contributed by atoms with E-state index in [1.807, 2.05) is 6.07 Å². The van der Waals surface area contributed by atoms with Crippen molar-refractivity contribution in [3.05, 3.63) is 42.4 Å². The molecule has 8 heteroatoms. The Morgan fingerprint density at radius 2 is 2.07 bits per heavy atom. The number of hydrogen-bond donors (Lipinski definition) is 2. The van der Waals surface area contributed by atoms with Crippen LogP contribution in [0.4, 0.5) is 17.2 Å². The average Bonchev–Trinajstić information content (AvgIpc) is 3.55. The van der Waals surface area contributed by atoms with E-state index in [1.54, 1.807) is 24.5 Å². The maximum atomic E-state index is 12.8. The van der Waals surface area contributed by atoms with Crippen molar-refractivity contribution in [1.82, 2.24) is 9.97 Å². The van der Waals surface area contributed by atoms with Crippen LogP contribution in [0, 0.1) is 5.92 Å². The van der Waals surface area contributed by atoms with Gasteiger partial charge >= 0.3 is 0 Å². The standard InChI is InChI=1S/C20H23N5O3/c1-13-12-28-9-8-25(13)17-5-6-21-11-16(17)23-20(27)15-4-7-22-18(10-15)24-19(26)14-2-3-14/h4-7,10-11,13-14H,2-3,8-9,12H2,1H3,(H,23,27)(H,22,24,26)/t13-/m0/s1. The predicted molar refractivity (Wildman–Crippen MR) is 105 cm³/mol. The third-order valence-corrected chi connectivity index (χ3v) is 4.94. The maximum absolute atomic E-state index is 12.8. The number of anilines is 3. The molecule has 2 amide bonds. The molecule has 0 spiro atoms. The van der Waals surface area contributed by atoms with Crippen LogP contribution in [0.5, 0.6) is 0 Å². The normalized spacial score (nSPS) is 19.2. The summed E-state index contributed by atoms with van der Waals surface area (Å²) in [5, 5.41) is 5.70. The molecule has 146 valence electrons. The van der Waals surface area contributed by atoms with Crippen LogP contribution in [0.1, 0.15) is 30.1 Å². The van der Waals surface area contributed by atoms with Gasteiger partial charge in [0.1, 0.15) is 5.82 Å². The van der Waals surface area contributed by atoms with Crippen LogP contribution < -0.4 is 15.5 Å². The summed E-state index contributed by atoms with van der Waals surface area (Å²) >= 11 is 0. The molecule has 2 fully saturated rings. The lowest BCUT2D eigenvalue weighted by molar-refractivity contribution is -0.117. The molecule has 3 heterocycles. The van der Waals surface area contributed by atoms with Crippen LogP contribution in [0.3, 0.4) is 0 Å². The second-order valence-corrected chi connectivity index (χ2v) is 7.16. The molecular weight excluding hydrogens is 358 g/mol. The summed E-state index contributed by atoms with van der Waals surface area (Å²) in [6.45, 7) is 4.13. The first-order valence-corrected chi connectivity index (χ1v) is 9.48. The van der Waals surface area contributed by atoms with E-state index in [9.17, 15) is 9.59 Å². The van der Waals surface area contributed by atoms with Gasteiger partial charge in [0.05, 0.1) is 30.8 Å². The quantitative estimate of drug-likeness (QED) is 0.825. The van der Waals surface area contributed by atoms with Gasteiger partial charge in [-0.15, -0.1) is 0 Å². The number of hydrogen-bond acceptors (Lipinski definition) is 6. The van der Waals surface area contributed by atoms with Crippen LogP contribution in [0.2, 0.25) is 0 Å². The van der Waals surface area contributed by atoms with Gasteiger partial charge in [-0.25, -0.2) is 4.98 Å². The molecule has 0 aromatic carbocycles. The first kappa shape index (κ1) is 18.4. The van der Waals surface area contributed by atoms with Crippen LogP contribution in [0.15, 0.2) is 36.8 Å². The number of carbonyl (C=O) groups excluding carboxylic acids is 2. The van der Waals surface area contributed by atoms with Gasteiger partial charge in [-0.1, -0.05) is 0 Å². The molecule has 4 rings (SSSR count). The minimum absolute atomic E-state index is 0.0408. The lowest BCUT2D eigenvalue weighted by Crippen LogP contribution is -2.44. The number of rotatable bonds is 5. The van der Waals surface area contributed by atoms with E-state index in [0.717, 1.165) is 25.1 Å². The van der Waals surface area contributed by atoms with Crippen molar-refractivity contribution in [2.75, 3.05) is 35.3 Å². The van der Waals surface area contributed by atoms with Crippen molar-refractivity contribution in [2.24, 2.45) is 5.92 Å². The summed E-state index contributed by atoms with van der Waals surface area (Å²) in [7, 11) is 0. The summed E-state index contributed by atoms with van der Waals surface area (Å²) < 4.78 is 5.50. The number of aromatic nitrogens is 2. The van der Waals surface area contributed by atoms with Crippen molar-refractivity contribution >= 4 is 29.0 Å². The molecule has 0 bridgehead atoms. The maximum Gasteiger partial charge on any atom is 0.255 e. The van der Waals surface area contributed by atoms with Gasteiger partial charge < -0.3 is 20.3 Å². The van der Waals surface area contributed by atoms with Crippen molar-refractivity contribution in [3.63, 3.8) is 0 Å². The van der Waals surface area contributed by atoms with Crippen LogP contribution in [0.25, 0.3) is 0 Å².